The fraction of sp³-hybridized carbons (Fsp3) is 0.133. The van der Waals surface area contributed by atoms with Gasteiger partial charge in [0.2, 0.25) is 0 Å². The lowest BCUT2D eigenvalue weighted by Gasteiger charge is -2.05. The van der Waals surface area contributed by atoms with Crippen LogP contribution in [0.3, 0.4) is 0 Å². The molecule has 0 bridgehead atoms. The van der Waals surface area contributed by atoms with Crippen LogP contribution in [0.4, 0.5) is 0 Å². The van der Waals surface area contributed by atoms with Gasteiger partial charge in [-0.25, -0.2) is 4.79 Å². The fourth-order valence-electron chi connectivity index (χ4n) is 2.06. The topological polar surface area (TPSA) is 88.0 Å². The number of carbonyl (C=O) groups excluding carboxylic acids is 1. The molecule has 0 aliphatic heterocycles. The van der Waals surface area contributed by atoms with Crippen LogP contribution in [-0.2, 0) is 6.42 Å². The summed E-state index contributed by atoms with van der Waals surface area (Å²) in [5.74, 6) is -0.621. The van der Waals surface area contributed by atoms with E-state index < -0.39 is 5.76 Å². The molecule has 3 rings (SSSR count). The maximum Gasteiger partial charge on any atom is 0.417 e. The number of amides is 1. The van der Waals surface area contributed by atoms with Crippen molar-refractivity contribution >= 4 is 29.4 Å². The van der Waals surface area contributed by atoms with Crippen molar-refractivity contribution in [1.82, 2.24) is 15.3 Å². The van der Waals surface area contributed by atoms with E-state index in [-0.39, 0.29) is 18.3 Å². The summed E-state index contributed by atoms with van der Waals surface area (Å²) >= 11 is 0. The maximum absolute atomic E-state index is 11.8. The molecule has 0 saturated heterocycles. The van der Waals surface area contributed by atoms with Gasteiger partial charge in [0.05, 0.1) is 11.1 Å². The van der Waals surface area contributed by atoms with Crippen molar-refractivity contribution in [3.63, 3.8) is 0 Å². The van der Waals surface area contributed by atoms with E-state index in [1.54, 1.807) is 30.5 Å². The Kier molecular flexibility index (Phi) is 4.95. The summed E-state index contributed by atoms with van der Waals surface area (Å²) in [5.41, 5.74) is 2.71. The number of nitrogens with one attached hydrogen (secondary N) is 2. The molecule has 22 heavy (non-hydrogen) atoms. The Hall–Kier alpha value is -2.60. The molecule has 0 aliphatic carbocycles. The highest BCUT2D eigenvalue weighted by molar-refractivity contribution is 5.93. The SMILES string of the molecule is Cl.O=C(NCCc1ccc2[nH]c(=O)oc2c1)c1cccnc1. The fourth-order valence-corrected chi connectivity index (χ4v) is 2.06. The molecule has 1 amide bonds. The third-order valence-corrected chi connectivity index (χ3v) is 3.11. The first-order valence-corrected chi connectivity index (χ1v) is 6.52. The Balaban J connectivity index is 0.00000176. The van der Waals surface area contributed by atoms with E-state index >= 15 is 0 Å². The van der Waals surface area contributed by atoms with E-state index in [1.807, 2.05) is 6.07 Å². The zero-order valence-corrected chi connectivity index (χ0v) is 12.4. The van der Waals surface area contributed by atoms with Gasteiger partial charge in [0.25, 0.3) is 5.91 Å². The van der Waals surface area contributed by atoms with Crippen molar-refractivity contribution in [2.24, 2.45) is 0 Å². The molecule has 0 saturated carbocycles. The van der Waals surface area contributed by atoms with Crippen LogP contribution < -0.4 is 11.1 Å². The predicted molar refractivity (Wildman–Crippen MR) is 84.4 cm³/mol. The average molecular weight is 320 g/mol. The zero-order chi connectivity index (χ0) is 14.7. The van der Waals surface area contributed by atoms with E-state index in [0.717, 1.165) is 5.56 Å². The predicted octanol–water partition coefficient (Wildman–Crippen LogP) is 1.91. The Labute approximate surface area is 132 Å². The lowest BCUT2D eigenvalue weighted by molar-refractivity contribution is 0.0954. The molecule has 0 radical (unpaired) electrons. The van der Waals surface area contributed by atoms with Gasteiger partial charge in [0, 0.05) is 18.9 Å². The molecule has 7 heteroatoms. The van der Waals surface area contributed by atoms with Crippen molar-refractivity contribution in [1.29, 1.82) is 0 Å². The standard InChI is InChI=1S/C15H13N3O3.ClH/c19-14(11-2-1-6-16-9-11)17-7-5-10-3-4-12-13(8-10)21-15(20)18-12;/h1-4,6,8-9H,5,7H2,(H,17,19)(H,18,20);1H. The Morgan fingerprint density at radius 2 is 2.18 bits per heavy atom. The monoisotopic (exact) mass is 319 g/mol. The number of nitrogens with zero attached hydrogens (tertiary/aromatic N) is 1. The van der Waals surface area contributed by atoms with Gasteiger partial charge >= 0.3 is 5.76 Å². The summed E-state index contributed by atoms with van der Waals surface area (Å²) in [4.78, 5) is 29.4. The second-order valence-electron chi connectivity index (χ2n) is 4.59. The molecular weight excluding hydrogens is 306 g/mol. The largest absolute Gasteiger partial charge is 0.417 e. The van der Waals surface area contributed by atoms with E-state index in [9.17, 15) is 9.59 Å². The molecule has 1 aromatic carbocycles. The number of rotatable bonds is 4. The number of carbonyl (C=O) groups is 1. The van der Waals surface area contributed by atoms with Crippen LogP contribution in [0, 0.1) is 0 Å². The Bertz CT molecular complexity index is 827. The summed E-state index contributed by atoms with van der Waals surface area (Å²) in [6.07, 6.45) is 3.79. The van der Waals surface area contributed by atoms with Crippen molar-refractivity contribution in [3.05, 3.63) is 64.4 Å². The molecule has 6 nitrogen and oxygen atoms in total. The van der Waals surface area contributed by atoms with Crippen molar-refractivity contribution in [2.45, 2.75) is 6.42 Å². The number of aromatic amines is 1. The second-order valence-corrected chi connectivity index (χ2v) is 4.59. The third-order valence-electron chi connectivity index (χ3n) is 3.11. The summed E-state index contributed by atoms with van der Waals surface area (Å²) < 4.78 is 5.00. The van der Waals surface area contributed by atoms with Crippen LogP contribution >= 0.6 is 12.4 Å². The molecule has 114 valence electrons. The minimum Gasteiger partial charge on any atom is -0.408 e. The van der Waals surface area contributed by atoms with Gasteiger partial charge in [-0.15, -0.1) is 12.4 Å². The molecule has 0 spiro atoms. The van der Waals surface area contributed by atoms with Gasteiger partial charge in [-0.2, -0.15) is 0 Å². The average Bonchev–Trinajstić information content (AvgIpc) is 2.87. The van der Waals surface area contributed by atoms with E-state index in [1.165, 1.54) is 6.20 Å². The van der Waals surface area contributed by atoms with E-state index in [2.05, 4.69) is 15.3 Å². The lowest BCUT2D eigenvalue weighted by atomic mass is 10.1. The van der Waals surface area contributed by atoms with Gasteiger partial charge in [-0.1, -0.05) is 6.07 Å². The van der Waals surface area contributed by atoms with Crippen molar-refractivity contribution in [2.75, 3.05) is 6.54 Å². The van der Waals surface area contributed by atoms with E-state index in [0.29, 0.717) is 29.6 Å². The zero-order valence-electron chi connectivity index (χ0n) is 11.5. The van der Waals surface area contributed by atoms with Gasteiger partial charge in [0.15, 0.2) is 5.58 Å². The van der Waals surface area contributed by atoms with Crippen LogP contribution in [-0.4, -0.2) is 22.4 Å². The van der Waals surface area contributed by atoms with Gasteiger partial charge < -0.3 is 9.73 Å². The third kappa shape index (κ3) is 3.53. The number of oxazole rings is 1. The van der Waals surface area contributed by atoms with Crippen LogP contribution in [0.5, 0.6) is 0 Å². The van der Waals surface area contributed by atoms with E-state index in [4.69, 9.17) is 4.42 Å². The number of halogens is 1. The lowest BCUT2D eigenvalue weighted by Crippen LogP contribution is -2.25. The minimum atomic E-state index is -0.466. The highest BCUT2D eigenvalue weighted by atomic mass is 35.5. The summed E-state index contributed by atoms with van der Waals surface area (Å²) in [6, 6.07) is 8.91. The first kappa shape index (κ1) is 15.8. The molecule has 3 aromatic rings. The number of hydrogen-bond donors (Lipinski definition) is 2. The number of hydrogen-bond acceptors (Lipinski definition) is 4. The van der Waals surface area contributed by atoms with Crippen molar-refractivity contribution < 1.29 is 9.21 Å². The van der Waals surface area contributed by atoms with Crippen LogP contribution in [0.1, 0.15) is 15.9 Å². The summed E-state index contributed by atoms with van der Waals surface area (Å²) in [5, 5.41) is 2.82. The Morgan fingerprint density at radius 3 is 2.95 bits per heavy atom. The molecule has 2 heterocycles. The quantitative estimate of drug-likeness (QED) is 0.769. The molecule has 2 aromatic heterocycles. The number of fused-ring (bicyclic) bond motifs is 1. The van der Waals surface area contributed by atoms with Crippen LogP contribution in [0.2, 0.25) is 0 Å². The molecule has 2 N–H and O–H groups in total. The number of pyridine rings is 1. The normalized spacial score (nSPS) is 10.2. The second kappa shape index (κ2) is 6.91. The minimum absolute atomic E-state index is 0. The van der Waals surface area contributed by atoms with Gasteiger partial charge in [-0.05, 0) is 36.2 Å². The highest BCUT2D eigenvalue weighted by Gasteiger charge is 2.05. The molecule has 0 aliphatic rings. The summed E-state index contributed by atoms with van der Waals surface area (Å²) in [7, 11) is 0. The molecule has 0 fully saturated rings. The smallest absolute Gasteiger partial charge is 0.408 e. The molecule has 0 atom stereocenters. The number of benzene rings is 1. The molecular formula is C15H14ClN3O3. The number of aromatic nitrogens is 2. The van der Waals surface area contributed by atoms with Crippen molar-refractivity contribution in [3.8, 4) is 0 Å². The number of H-pyrrole nitrogens is 1. The molecule has 0 unspecified atom stereocenters. The maximum atomic E-state index is 11.8. The first-order chi connectivity index (χ1) is 10.2. The van der Waals surface area contributed by atoms with Gasteiger partial charge in [-0.3, -0.25) is 14.8 Å². The van der Waals surface area contributed by atoms with Gasteiger partial charge in [0.1, 0.15) is 0 Å². The Morgan fingerprint density at radius 1 is 1.32 bits per heavy atom. The first-order valence-electron chi connectivity index (χ1n) is 6.52. The van der Waals surface area contributed by atoms with Crippen LogP contribution in [0.15, 0.2) is 51.9 Å². The van der Waals surface area contributed by atoms with Crippen LogP contribution in [0.25, 0.3) is 11.1 Å². The summed E-state index contributed by atoms with van der Waals surface area (Å²) in [6.45, 7) is 0.494. The highest BCUT2D eigenvalue weighted by Crippen LogP contribution is 2.12.